The average molecular weight is 248 g/mol. The van der Waals surface area contributed by atoms with E-state index in [1.807, 2.05) is 29.9 Å². The van der Waals surface area contributed by atoms with Crippen LogP contribution in [0.15, 0.2) is 36.5 Å². The van der Waals surface area contributed by atoms with Crippen molar-refractivity contribution in [3.8, 4) is 5.75 Å². The molecule has 0 unspecified atom stereocenters. The summed E-state index contributed by atoms with van der Waals surface area (Å²) >= 11 is 0. The second kappa shape index (κ2) is 4.91. The maximum atomic E-state index is 13.4. The molecule has 4 nitrogen and oxygen atoms in total. The lowest BCUT2D eigenvalue weighted by Crippen LogP contribution is -2.24. The fraction of sp³-hybridized carbons (Fsp3) is 0.154. The minimum absolute atomic E-state index is 0.274. The van der Waals surface area contributed by atoms with Gasteiger partial charge in [-0.25, -0.2) is 4.39 Å². The van der Waals surface area contributed by atoms with Crippen LogP contribution in [0, 0.1) is 5.82 Å². The molecule has 0 spiro atoms. The molecule has 0 aliphatic rings. The second-order valence-corrected chi connectivity index (χ2v) is 3.93. The molecule has 2 rings (SSSR count). The van der Waals surface area contributed by atoms with Crippen LogP contribution in [-0.4, -0.2) is 15.6 Å². The van der Waals surface area contributed by atoms with Gasteiger partial charge >= 0.3 is 0 Å². The topological polar surface area (TPSA) is 54.3 Å². The van der Waals surface area contributed by atoms with Crippen molar-refractivity contribution < 1.29 is 14.3 Å². The van der Waals surface area contributed by atoms with Crippen molar-refractivity contribution in [1.82, 2.24) is 9.88 Å². The third-order valence-electron chi connectivity index (χ3n) is 2.70. The third-order valence-corrected chi connectivity index (χ3v) is 2.70. The highest BCUT2D eigenvalue weighted by Gasteiger charge is 2.16. The fourth-order valence-electron chi connectivity index (χ4n) is 1.68. The van der Waals surface area contributed by atoms with E-state index in [2.05, 4.69) is 5.32 Å². The summed E-state index contributed by atoms with van der Waals surface area (Å²) in [4.78, 5) is 11.8. The van der Waals surface area contributed by atoms with Crippen molar-refractivity contribution in [2.45, 2.75) is 6.54 Å². The number of halogens is 1. The Morgan fingerprint density at radius 3 is 2.78 bits per heavy atom. The number of rotatable bonds is 3. The summed E-state index contributed by atoms with van der Waals surface area (Å²) in [5, 5.41) is 12.0. The number of amides is 1. The summed E-state index contributed by atoms with van der Waals surface area (Å²) in [7, 11) is 1.85. The zero-order chi connectivity index (χ0) is 13.1. The van der Waals surface area contributed by atoms with E-state index in [-0.39, 0.29) is 17.9 Å². The molecule has 0 aliphatic heterocycles. The molecule has 0 fully saturated rings. The highest BCUT2D eigenvalue weighted by atomic mass is 19.1. The summed E-state index contributed by atoms with van der Waals surface area (Å²) in [6.07, 6.45) is 1.85. The van der Waals surface area contributed by atoms with E-state index < -0.39 is 11.7 Å². The number of phenolic OH excluding ortho intramolecular Hbond substituents is 1. The Hall–Kier alpha value is -2.30. The van der Waals surface area contributed by atoms with E-state index in [1.165, 1.54) is 12.1 Å². The zero-order valence-electron chi connectivity index (χ0n) is 9.85. The van der Waals surface area contributed by atoms with Gasteiger partial charge in [-0.05, 0) is 24.3 Å². The van der Waals surface area contributed by atoms with Crippen LogP contribution in [0.5, 0.6) is 5.75 Å². The van der Waals surface area contributed by atoms with Crippen LogP contribution in [0.2, 0.25) is 0 Å². The molecule has 0 saturated heterocycles. The van der Waals surface area contributed by atoms with Gasteiger partial charge in [0, 0.05) is 18.9 Å². The normalized spacial score (nSPS) is 10.3. The number of carbonyl (C=O) groups is 1. The molecule has 1 heterocycles. The number of nitrogens with zero attached hydrogens (tertiary/aromatic N) is 1. The molecule has 2 N–H and O–H groups in total. The maximum Gasteiger partial charge on any atom is 0.258 e. The van der Waals surface area contributed by atoms with Crippen LogP contribution in [0.4, 0.5) is 4.39 Å². The molecule has 0 saturated carbocycles. The van der Waals surface area contributed by atoms with Crippen molar-refractivity contribution in [1.29, 1.82) is 0 Å². The molecular formula is C13H13FN2O2. The Morgan fingerprint density at radius 1 is 1.39 bits per heavy atom. The predicted octanol–water partition coefficient (Wildman–Crippen LogP) is 1.80. The Kier molecular flexibility index (Phi) is 3.32. The average Bonchev–Trinajstić information content (AvgIpc) is 2.72. The second-order valence-electron chi connectivity index (χ2n) is 3.93. The SMILES string of the molecule is Cn1cccc1CNC(=O)c1c(O)cccc1F. The highest BCUT2D eigenvalue weighted by Crippen LogP contribution is 2.19. The van der Waals surface area contributed by atoms with Crippen molar-refractivity contribution in [2.75, 3.05) is 0 Å². The molecule has 5 heteroatoms. The maximum absolute atomic E-state index is 13.4. The minimum Gasteiger partial charge on any atom is -0.507 e. The van der Waals surface area contributed by atoms with Crippen LogP contribution < -0.4 is 5.32 Å². The van der Waals surface area contributed by atoms with Gasteiger partial charge in [-0.3, -0.25) is 4.79 Å². The summed E-state index contributed by atoms with van der Waals surface area (Å²) in [6.45, 7) is 0.274. The van der Waals surface area contributed by atoms with Gasteiger partial charge in [0.25, 0.3) is 5.91 Å². The number of carbonyl (C=O) groups excluding carboxylic acids is 1. The summed E-state index contributed by atoms with van der Waals surface area (Å²) < 4.78 is 15.3. The molecule has 1 aromatic carbocycles. The summed E-state index contributed by atoms with van der Waals surface area (Å²) in [6, 6.07) is 7.46. The lowest BCUT2D eigenvalue weighted by Gasteiger charge is -2.08. The van der Waals surface area contributed by atoms with Crippen LogP contribution in [0.3, 0.4) is 0 Å². The lowest BCUT2D eigenvalue weighted by molar-refractivity contribution is 0.0943. The summed E-state index contributed by atoms with van der Waals surface area (Å²) in [5.41, 5.74) is 0.561. The quantitative estimate of drug-likeness (QED) is 0.870. The van der Waals surface area contributed by atoms with E-state index in [1.54, 1.807) is 0 Å². The molecular weight excluding hydrogens is 235 g/mol. The van der Waals surface area contributed by atoms with E-state index in [4.69, 9.17) is 0 Å². The molecule has 0 radical (unpaired) electrons. The molecule has 94 valence electrons. The van der Waals surface area contributed by atoms with Gasteiger partial charge in [0.1, 0.15) is 17.1 Å². The van der Waals surface area contributed by atoms with Crippen LogP contribution in [0.1, 0.15) is 16.1 Å². The van der Waals surface area contributed by atoms with E-state index >= 15 is 0 Å². The number of aromatic hydroxyl groups is 1. The molecule has 18 heavy (non-hydrogen) atoms. The number of aryl methyl sites for hydroxylation is 1. The monoisotopic (exact) mass is 248 g/mol. The van der Waals surface area contributed by atoms with Crippen LogP contribution >= 0.6 is 0 Å². The van der Waals surface area contributed by atoms with Gasteiger partial charge in [0.05, 0.1) is 6.54 Å². The standard InChI is InChI=1S/C13H13FN2O2/c1-16-7-3-4-9(16)8-15-13(18)12-10(14)5-2-6-11(12)17/h2-7,17H,8H2,1H3,(H,15,18). The minimum atomic E-state index is -0.737. The predicted molar refractivity (Wildman–Crippen MR) is 64.6 cm³/mol. The molecule has 1 aromatic heterocycles. The van der Waals surface area contributed by atoms with Gasteiger partial charge < -0.3 is 15.0 Å². The van der Waals surface area contributed by atoms with Crippen LogP contribution in [0.25, 0.3) is 0 Å². The first-order valence-electron chi connectivity index (χ1n) is 5.45. The lowest BCUT2D eigenvalue weighted by atomic mass is 10.1. The number of benzene rings is 1. The number of aromatic nitrogens is 1. The molecule has 0 aliphatic carbocycles. The van der Waals surface area contributed by atoms with E-state index in [0.717, 1.165) is 11.8 Å². The zero-order valence-corrected chi connectivity index (χ0v) is 9.85. The Labute approximate surface area is 104 Å². The van der Waals surface area contributed by atoms with Crippen LogP contribution in [-0.2, 0) is 13.6 Å². The molecule has 0 atom stereocenters. The Balaban J connectivity index is 2.11. The molecule has 1 amide bonds. The first-order chi connectivity index (χ1) is 8.59. The van der Waals surface area contributed by atoms with Crippen molar-refractivity contribution in [2.24, 2.45) is 7.05 Å². The fourth-order valence-corrected chi connectivity index (χ4v) is 1.68. The Morgan fingerprint density at radius 2 is 2.17 bits per heavy atom. The third kappa shape index (κ3) is 2.34. The smallest absolute Gasteiger partial charge is 0.258 e. The van der Waals surface area contributed by atoms with E-state index in [9.17, 15) is 14.3 Å². The molecule has 0 bridgehead atoms. The number of phenols is 1. The van der Waals surface area contributed by atoms with Crippen molar-refractivity contribution >= 4 is 5.91 Å². The number of nitrogens with one attached hydrogen (secondary N) is 1. The first kappa shape index (κ1) is 12.2. The number of hydrogen-bond acceptors (Lipinski definition) is 2. The van der Waals surface area contributed by atoms with Gasteiger partial charge in [-0.2, -0.15) is 0 Å². The van der Waals surface area contributed by atoms with Crippen molar-refractivity contribution in [3.63, 3.8) is 0 Å². The highest BCUT2D eigenvalue weighted by molar-refractivity contribution is 5.96. The number of hydrogen-bond donors (Lipinski definition) is 2. The first-order valence-corrected chi connectivity index (χ1v) is 5.45. The van der Waals surface area contributed by atoms with Gasteiger partial charge in [0.15, 0.2) is 0 Å². The van der Waals surface area contributed by atoms with Gasteiger partial charge in [0.2, 0.25) is 0 Å². The van der Waals surface area contributed by atoms with E-state index in [0.29, 0.717) is 0 Å². The molecule has 2 aromatic rings. The van der Waals surface area contributed by atoms with Gasteiger partial charge in [-0.15, -0.1) is 0 Å². The van der Waals surface area contributed by atoms with Crippen molar-refractivity contribution in [3.05, 3.63) is 53.6 Å². The largest absolute Gasteiger partial charge is 0.507 e. The van der Waals surface area contributed by atoms with Gasteiger partial charge in [-0.1, -0.05) is 6.07 Å². The summed E-state index contributed by atoms with van der Waals surface area (Å²) in [5.74, 6) is -1.73. The Bertz CT molecular complexity index is 558.